The maximum Gasteiger partial charge on any atom is 0.225 e. The summed E-state index contributed by atoms with van der Waals surface area (Å²) in [4.78, 5) is 11.6. The lowest BCUT2D eigenvalue weighted by atomic mass is 9.96. The minimum absolute atomic E-state index is 0.00721. The molecule has 0 bridgehead atoms. The van der Waals surface area contributed by atoms with Crippen LogP contribution in [0.2, 0.25) is 0 Å². The van der Waals surface area contributed by atoms with Gasteiger partial charge in [-0.2, -0.15) is 0 Å². The van der Waals surface area contributed by atoms with Crippen LogP contribution in [0.15, 0.2) is 0 Å². The largest absolute Gasteiger partial charge is 0.396 e. The van der Waals surface area contributed by atoms with Crippen LogP contribution in [0, 0.1) is 11.3 Å². The molecule has 0 aromatic rings. The standard InChI is InChI=1S/C17H35NO5S/c1-14(24-5)23-13-15(11-19)12-22-10-9-21-8-6-7-18-16(20)17(2,3)4/h14-15,19H,6-13H2,1-5H3,(H,18,20). The molecule has 6 nitrogen and oxygen atoms in total. The van der Waals surface area contributed by atoms with E-state index in [4.69, 9.17) is 14.2 Å². The van der Waals surface area contributed by atoms with E-state index in [0.717, 1.165) is 6.42 Å². The number of amides is 1. The number of carbonyl (C=O) groups is 1. The lowest BCUT2D eigenvalue weighted by Gasteiger charge is -2.18. The maximum absolute atomic E-state index is 11.6. The Bertz CT molecular complexity index is 323. The molecule has 0 fully saturated rings. The molecule has 0 aliphatic carbocycles. The molecule has 144 valence electrons. The van der Waals surface area contributed by atoms with Gasteiger partial charge in [0.25, 0.3) is 0 Å². The SMILES string of the molecule is CSC(C)OCC(CO)COCCOCCCNC(=O)C(C)(C)C. The summed E-state index contributed by atoms with van der Waals surface area (Å²) in [5.41, 5.74) is -0.226. The molecule has 0 aromatic heterocycles. The van der Waals surface area contributed by atoms with E-state index in [1.54, 1.807) is 11.8 Å². The van der Waals surface area contributed by atoms with E-state index in [2.05, 4.69) is 5.32 Å². The molecule has 7 heteroatoms. The molecule has 0 aromatic carbocycles. The second kappa shape index (κ2) is 13.9. The predicted octanol–water partition coefficient (Wildman–Crippen LogP) is 1.91. The first kappa shape index (κ1) is 23.7. The minimum Gasteiger partial charge on any atom is -0.396 e. The zero-order valence-electron chi connectivity index (χ0n) is 15.8. The number of hydrogen-bond acceptors (Lipinski definition) is 6. The molecule has 0 saturated carbocycles. The van der Waals surface area contributed by atoms with Crippen LogP contribution < -0.4 is 5.32 Å². The van der Waals surface area contributed by atoms with Gasteiger partial charge >= 0.3 is 0 Å². The van der Waals surface area contributed by atoms with Gasteiger partial charge in [-0.05, 0) is 19.6 Å². The van der Waals surface area contributed by atoms with Gasteiger partial charge in [-0.1, -0.05) is 20.8 Å². The van der Waals surface area contributed by atoms with Gasteiger partial charge in [-0.3, -0.25) is 4.79 Å². The Morgan fingerprint density at radius 1 is 1.17 bits per heavy atom. The molecule has 2 N–H and O–H groups in total. The van der Waals surface area contributed by atoms with Gasteiger partial charge in [0.1, 0.15) is 0 Å². The average molecular weight is 366 g/mol. The third-order valence-corrected chi connectivity index (χ3v) is 4.11. The number of aliphatic hydroxyl groups excluding tert-OH is 1. The molecule has 2 atom stereocenters. The molecular weight excluding hydrogens is 330 g/mol. The van der Waals surface area contributed by atoms with Crippen molar-refractivity contribution < 1.29 is 24.1 Å². The highest BCUT2D eigenvalue weighted by Crippen LogP contribution is 2.12. The van der Waals surface area contributed by atoms with Crippen LogP contribution in [-0.2, 0) is 19.0 Å². The lowest BCUT2D eigenvalue weighted by molar-refractivity contribution is -0.128. The van der Waals surface area contributed by atoms with Crippen molar-refractivity contribution in [2.45, 2.75) is 39.6 Å². The van der Waals surface area contributed by atoms with Crippen molar-refractivity contribution >= 4 is 17.7 Å². The van der Waals surface area contributed by atoms with Crippen molar-refractivity contribution in [2.75, 3.05) is 52.4 Å². The van der Waals surface area contributed by atoms with Gasteiger partial charge in [-0.15, -0.1) is 11.8 Å². The molecule has 0 saturated heterocycles. The van der Waals surface area contributed by atoms with Gasteiger partial charge in [0.2, 0.25) is 5.91 Å². The van der Waals surface area contributed by atoms with Gasteiger partial charge < -0.3 is 24.6 Å². The monoisotopic (exact) mass is 365 g/mol. The topological polar surface area (TPSA) is 77.0 Å². The first-order chi connectivity index (χ1) is 11.3. The Morgan fingerprint density at radius 3 is 2.42 bits per heavy atom. The summed E-state index contributed by atoms with van der Waals surface area (Å²) >= 11 is 1.63. The second-order valence-corrected chi connectivity index (χ2v) is 7.87. The molecular formula is C17H35NO5S. The van der Waals surface area contributed by atoms with E-state index in [1.165, 1.54) is 0 Å². The molecule has 0 aliphatic rings. The normalized spacial score (nSPS) is 14.4. The molecule has 0 heterocycles. The van der Waals surface area contributed by atoms with Crippen LogP contribution in [0.25, 0.3) is 0 Å². The third kappa shape index (κ3) is 13.0. The zero-order valence-corrected chi connectivity index (χ0v) is 16.6. The summed E-state index contributed by atoms with van der Waals surface area (Å²) in [6.45, 7) is 10.9. The van der Waals surface area contributed by atoms with Gasteiger partial charge in [0.15, 0.2) is 0 Å². The van der Waals surface area contributed by atoms with Crippen molar-refractivity contribution in [3.05, 3.63) is 0 Å². The van der Waals surface area contributed by atoms with E-state index in [9.17, 15) is 9.90 Å². The van der Waals surface area contributed by atoms with Gasteiger partial charge in [0.05, 0.1) is 38.5 Å². The zero-order chi connectivity index (χ0) is 18.4. The number of thioether (sulfide) groups is 1. The van der Waals surface area contributed by atoms with Crippen LogP contribution in [0.4, 0.5) is 0 Å². The number of carbonyl (C=O) groups excluding carboxylic acids is 1. The van der Waals surface area contributed by atoms with E-state index in [1.807, 2.05) is 34.0 Å². The number of rotatable bonds is 14. The Kier molecular flexibility index (Phi) is 13.7. The summed E-state index contributed by atoms with van der Waals surface area (Å²) < 4.78 is 16.5. The third-order valence-electron chi connectivity index (χ3n) is 3.31. The molecule has 1 amide bonds. The second-order valence-electron chi connectivity index (χ2n) is 6.73. The first-order valence-corrected chi connectivity index (χ1v) is 9.79. The lowest BCUT2D eigenvalue weighted by Crippen LogP contribution is -2.35. The fraction of sp³-hybridized carbons (Fsp3) is 0.941. The Labute approximate surface area is 151 Å². The minimum atomic E-state index is -0.352. The highest BCUT2D eigenvalue weighted by atomic mass is 32.2. The predicted molar refractivity (Wildman–Crippen MR) is 98.2 cm³/mol. The van der Waals surface area contributed by atoms with Gasteiger partial charge in [0, 0.05) is 24.5 Å². The van der Waals surface area contributed by atoms with Crippen LogP contribution in [0.3, 0.4) is 0 Å². The number of aliphatic hydroxyl groups is 1. The van der Waals surface area contributed by atoms with Crippen LogP contribution in [-0.4, -0.2) is 68.9 Å². The van der Waals surface area contributed by atoms with E-state index in [0.29, 0.717) is 39.6 Å². The molecule has 0 spiro atoms. The number of hydrogen-bond donors (Lipinski definition) is 2. The van der Waals surface area contributed by atoms with E-state index in [-0.39, 0.29) is 29.3 Å². The Hall–Kier alpha value is -0.340. The van der Waals surface area contributed by atoms with Gasteiger partial charge in [-0.25, -0.2) is 0 Å². The number of nitrogens with one attached hydrogen (secondary N) is 1. The maximum atomic E-state index is 11.6. The smallest absolute Gasteiger partial charge is 0.225 e. The van der Waals surface area contributed by atoms with Crippen molar-refractivity contribution in [3.8, 4) is 0 Å². The molecule has 2 unspecified atom stereocenters. The van der Waals surface area contributed by atoms with Crippen LogP contribution >= 0.6 is 11.8 Å². The molecule has 0 rings (SSSR count). The van der Waals surface area contributed by atoms with Crippen molar-refractivity contribution in [1.82, 2.24) is 5.32 Å². The van der Waals surface area contributed by atoms with Crippen LogP contribution in [0.5, 0.6) is 0 Å². The highest BCUT2D eigenvalue weighted by Gasteiger charge is 2.20. The summed E-state index contributed by atoms with van der Waals surface area (Å²) in [6.07, 6.45) is 2.77. The molecule has 24 heavy (non-hydrogen) atoms. The Morgan fingerprint density at radius 2 is 1.83 bits per heavy atom. The van der Waals surface area contributed by atoms with E-state index < -0.39 is 0 Å². The van der Waals surface area contributed by atoms with E-state index >= 15 is 0 Å². The summed E-state index contributed by atoms with van der Waals surface area (Å²) in [5, 5.41) is 12.2. The first-order valence-electron chi connectivity index (χ1n) is 8.50. The average Bonchev–Trinajstić information content (AvgIpc) is 2.54. The highest BCUT2D eigenvalue weighted by molar-refractivity contribution is 7.99. The summed E-state index contributed by atoms with van der Waals surface area (Å²) in [5.74, 6) is 0.0473. The fourth-order valence-corrected chi connectivity index (χ4v) is 1.82. The molecule has 0 aliphatic heterocycles. The summed E-state index contributed by atoms with van der Waals surface area (Å²) in [6, 6.07) is 0. The van der Waals surface area contributed by atoms with Crippen molar-refractivity contribution in [3.63, 3.8) is 0 Å². The quantitative estimate of drug-likeness (QED) is 0.362. The number of ether oxygens (including phenoxy) is 3. The fourth-order valence-electron chi connectivity index (χ4n) is 1.60. The molecule has 0 radical (unpaired) electrons. The van der Waals surface area contributed by atoms with Crippen LogP contribution in [0.1, 0.15) is 34.1 Å². The van der Waals surface area contributed by atoms with Crippen molar-refractivity contribution in [1.29, 1.82) is 0 Å². The van der Waals surface area contributed by atoms with Crippen molar-refractivity contribution in [2.24, 2.45) is 11.3 Å². The summed E-state index contributed by atoms with van der Waals surface area (Å²) in [7, 11) is 0. The Balaban J connectivity index is 3.48.